The van der Waals surface area contributed by atoms with Gasteiger partial charge in [-0.05, 0) is 35.9 Å². The Morgan fingerprint density at radius 3 is 2.96 bits per heavy atom. The van der Waals surface area contributed by atoms with Gasteiger partial charge in [0.2, 0.25) is 6.79 Å². The number of esters is 1. The largest absolute Gasteiger partial charge is 0.465 e. The van der Waals surface area contributed by atoms with Crippen molar-refractivity contribution in [2.45, 2.75) is 0 Å². The van der Waals surface area contributed by atoms with Crippen LogP contribution in [0.5, 0.6) is 11.5 Å². The van der Waals surface area contributed by atoms with E-state index in [9.17, 15) is 4.79 Å². The lowest BCUT2D eigenvalue weighted by Gasteiger charge is -1.98. The van der Waals surface area contributed by atoms with Crippen LogP contribution in [0.1, 0.15) is 21.7 Å². The lowest BCUT2D eigenvalue weighted by atomic mass is 10.2. The third-order valence-electron chi connectivity index (χ3n) is 3.77. The fraction of sp³-hybridized carbons (Fsp3) is 0.111. The zero-order chi connectivity index (χ0) is 16.5. The van der Waals surface area contributed by atoms with Gasteiger partial charge in [0.1, 0.15) is 11.3 Å². The summed E-state index contributed by atoms with van der Waals surface area (Å²) in [7, 11) is 1.36. The Labute approximate surface area is 137 Å². The second kappa shape index (κ2) is 5.73. The van der Waals surface area contributed by atoms with E-state index in [0.29, 0.717) is 16.9 Å². The number of nitrogens with zero attached hydrogens (tertiary/aromatic N) is 1. The second-order valence-electron chi connectivity index (χ2n) is 5.26. The molecule has 2 aromatic carbocycles. The van der Waals surface area contributed by atoms with Crippen LogP contribution in [0.15, 0.2) is 36.4 Å². The van der Waals surface area contributed by atoms with Crippen molar-refractivity contribution in [1.29, 1.82) is 0 Å². The molecule has 0 spiro atoms. The third-order valence-corrected chi connectivity index (χ3v) is 3.77. The molecule has 2 heterocycles. The van der Waals surface area contributed by atoms with Crippen molar-refractivity contribution in [2.24, 2.45) is 0 Å². The lowest BCUT2D eigenvalue weighted by molar-refractivity contribution is 0.0603. The molecule has 0 saturated heterocycles. The monoisotopic (exact) mass is 322 g/mol. The Hall–Kier alpha value is -3.28. The zero-order valence-electron chi connectivity index (χ0n) is 12.9. The molecule has 1 aliphatic rings. The molecule has 3 aromatic rings. The minimum absolute atomic E-state index is 0.252. The fourth-order valence-electron chi connectivity index (χ4n) is 2.60. The first-order valence-electron chi connectivity index (χ1n) is 7.39. The SMILES string of the molecule is COC(=O)c1cccc2[nH]c(C=Cc3ccc4c(c3)OCO4)nc12. The Bertz CT molecular complexity index is 959. The average molecular weight is 322 g/mol. The topological polar surface area (TPSA) is 73.4 Å². The van der Waals surface area contributed by atoms with Crippen LogP contribution in [-0.2, 0) is 4.74 Å². The lowest BCUT2D eigenvalue weighted by Crippen LogP contribution is -2.01. The minimum Gasteiger partial charge on any atom is -0.465 e. The van der Waals surface area contributed by atoms with Gasteiger partial charge >= 0.3 is 5.97 Å². The molecular formula is C18H14N2O4. The van der Waals surface area contributed by atoms with Gasteiger partial charge in [0, 0.05) is 0 Å². The fourth-order valence-corrected chi connectivity index (χ4v) is 2.60. The Morgan fingerprint density at radius 2 is 2.08 bits per heavy atom. The Morgan fingerprint density at radius 1 is 1.21 bits per heavy atom. The molecule has 6 heteroatoms. The molecular weight excluding hydrogens is 308 g/mol. The number of benzene rings is 2. The number of H-pyrrole nitrogens is 1. The van der Waals surface area contributed by atoms with Crippen LogP contribution >= 0.6 is 0 Å². The highest BCUT2D eigenvalue weighted by Gasteiger charge is 2.14. The molecule has 0 saturated carbocycles. The number of fused-ring (bicyclic) bond motifs is 2. The molecule has 0 radical (unpaired) electrons. The Balaban J connectivity index is 1.66. The molecule has 1 aromatic heterocycles. The summed E-state index contributed by atoms with van der Waals surface area (Å²) < 4.78 is 15.4. The quantitative estimate of drug-likeness (QED) is 0.749. The number of rotatable bonds is 3. The number of imidazole rings is 1. The number of aromatic nitrogens is 2. The molecule has 0 aliphatic carbocycles. The van der Waals surface area contributed by atoms with Crippen LogP contribution in [0.2, 0.25) is 0 Å². The molecule has 0 atom stereocenters. The summed E-state index contributed by atoms with van der Waals surface area (Å²) in [6.45, 7) is 0.252. The van der Waals surface area contributed by atoms with E-state index in [0.717, 1.165) is 22.6 Å². The van der Waals surface area contributed by atoms with Crippen LogP contribution in [0.3, 0.4) is 0 Å². The standard InChI is InChI=1S/C18H14N2O4/c1-22-18(21)12-3-2-4-13-17(12)20-16(19-13)8-6-11-5-7-14-15(9-11)24-10-23-14/h2-9H,10H2,1H3,(H,19,20). The van der Waals surface area contributed by atoms with Gasteiger partial charge in [0.05, 0.1) is 18.2 Å². The number of ether oxygens (including phenoxy) is 3. The molecule has 0 fully saturated rings. The first-order valence-corrected chi connectivity index (χ1v) is 7.39. The summed E-state index contributed by atoms with van der Waals surface area (Å²) >= 11 is 0. The van der Waals surface area contributed by atoms with Gasteiger partial charge in [-0.2, -0.15) is 0 Å². The van der Waals surface area contributed by atoms with E-state index in [4.69, 9.17) is 14.2 Å². The van der Waals surface area contributed by atoms with Crippen LogP contribution < -0.4 is 9.47 Å². The second-order valence-corrected chi connectivity index (χ2v) is 5.26. The van der Waals surface area contributed by atoms with E-state index in [-0.39, 0.29) is 6.79 Å². The van der Waals surface area contributed by atoms with Crippen molar-refractivity contribution in [1.82, 2.24) is 9.97 Å². The summed E-state index contributed by atoms with van der Waals surface area (Å²) in [5.41, 5.74) is 2.78. The number of carbonyl (C=O) groups is 1. The predicted octanol–water partition coefficient (Wildman–Crippen LogP) is 3.25. The number of para-hydroxylation sites is 1. The van der Waals surface area contributed by atoms with Gasteiger partial charge in [-0.25, -0.2) is 9.78 Å². The number of carbonyl (C=O) groups excluding carboxylic acids is 1. The van der Waals surface area contributed by atoms with Gasteiger partial charge in [-0.3, -0.25) is 0 Å². The minimum atomic E-state index is -0.404. The van der Waals surface area contributed by atoms with E-state index in [1.807, 2.05) is 36.4 Å². The van der Waals surface area contributed by atoms with Crippen molar-refractivity contribution in [2.75, 3.05) is 13.9 Å². The van der Waals surface area contributed by atoms with E-state index in [2.05, 4.69) is 9.97 Å². The first-order chi connectivity index (χ1) is 11.7. The number of methoxy groups -OCH3 is 1. The smallest absolute Gasteiger partial charge is 0.340 e. The first kappa shape index (κ1) is 14.3. The maximum Gasteiger partial charge on any atom is 0.340 e. The normalized spacial score (nSPS) is 12.9. The maximum atomic E-state index is 11.8. The predicted molar refractivity (Wildman–Crippen MR) is 88.9 cm³/mol. The van der Waals surface area contributed by atoms with E-state index < -0.39 is 5.97 Å². The molecule has 1 N–H and O–H groups in total. The van der Waals surface area contributed by atoms with E-state index in [1.165, 1.54) is 7.11 Å². The van der Waals surface area contributed by atoms with Crippen molar-refractivity contribution in [3.8, 4) is 11.5 Å². The van der Waals surface area contributed by atoms with Crippen molar-refractivity contribution in [3.63, 3.8) is 0 Å². The molecule has 24 heavy (non-hydrogen) atoms. The highest BCUT2D eigenvalue weighted by Crippen LogP contribution is 2.33. The molecule has 0 unspecified atom stereocenters. The average Bonchev–Trinajstić information content (AvgIpc) is 3.24. The maximum absolute atomic E-state index is 11.8. The number of aromatic amines is 1. The zero-order valence-corrected chi connectivity index (χ0v) is 12.9. The summed E-state index contributed by atoms with van der Waals surface area (Å²) in [6.07, 6.45) is 3.76. The van der Waals surface area contributed by atoms with Crippen LogP contribution in [0, 0.1) is 0 Å². The number of hydrogen-bond donors (Lipinski definition) is 1. The van der Waals surface area contributed by atoms with Crippen molar-refractivity contribution < 1.29 is 19.0 Å². The van der Waals surface area contributed by atoms with E-state index in [1.54, 1.807) is 12.1 Å². The van der Waals surface area contributed by atoms with Crippen LogP contribution in [-0.4, -0.2) is 29.8 Å². The highest BCUT2D eigenvalue weighted by atomic mass is 16.7. The number of nitrogens with one attached hydrogen (secondary N) is 1. The molecule has 1 aliphatic heterocycles. The molecule has 120 valence electrons. The van der Waals surface area contributed by atoms with Gasteiger partial charge < -0.3 is 19.2 Å². The molecule has 6 nitrogen and oxygen atoms in total. The van der Waals surface area contributed by atoms with Crippen molar-refractivity contribution in [3.05, 3.63) is 53.3 Å². The van der Waals surface area contributed by atoms with Crippen LogP contribution in [0.25, 0.3) is 23.2 Å². The highest BCUT2D eigenvalue weighted by molar-refractivity contribution is 6.02. The van der Waals surface area contributed by atoms with Crippen LogP contribution in [0.4, 0.5) is 0 Å². The van der Waals surface area contributed by atoms with Gasteiger partial charge in [-0.1, -0.05) is 18.2 Å². The van der Waals surface area contributed by atoms with Crippen molar-refractivity contribution >= 4 is 29.2 Å². The summed E-state index contributed by atoms with van der Waals surface area (Å²) in [5, 5.41) is 0. The van der Waals surface area contributed by atoms with Gasteiger partial charge in [0.25, 0.3) is 0 Å². The summed E-state index contributed by atoms with van der Waals surface area (Å²) in [6, 6.07) is 11.1. The van der Waals surface area contributed by atoms with Gasteiger partial charge in [0.15, 0.2) is 11.5 Å². The third kappa shape index (κ3) is 2.48. The summed E-state index contributed by atoms with van der Waals surface area (Å²) in [4.78, 5) is 19.5. The number of hydrogen-bond acceptors (Lipinski definition) is 5. The summed E-state index contributed by atoms with van der Waals surface area (Å²) in [5.74, 6) is 1.73. The molecule has 0 amide bonds. The van der Waals surface area contributed by atoms with Gasteiger partial charge in [-0.15, -0.1) is 0 Å². The molecule has 4 rings (SSSR count). The molecule has 0 bridgehead atoms. The van der Waals surface area contributed by atoms with E-state index >= 15 is 0 Å². The Kier molecular flexibility index (Phi) is 3.42.